The second-order valence-corrected chi connectivity index (χ2v) is 6.64. The Hall–Kier alpha value is -3.40. The molecule has 3 rings (SSSR count). The predicted octanol–water partition coefficient (Wildman–Crippen LogP) is 4.59. The summed E-state index contributed by atoms with van der Waals surface area (Å²) in [7, 11) is 0. The van der Waals surface area contributed by atoms with Crippen molar-refractivity contribution in [2.75, 3.05) is 11.4 Å². The quantitative estimate of drug-likeness (QED) is 0.688. The number of nitrogens with one attached hydrogen (secondary N) is 1. The third-order valence-electron chi connectivity index (χ3n) is 4.54. The fourth-order valence-corrected chi connectivity index (χ4v) is 3.11. The highest BCUT2D eigenvalue weighted by Gasteiger charge is 2.17. The summed E-state index contributed by atoms with van der Waals surface area (Å²) in [6.07, 6.45) is 0. The van der Waals surface area contributed by atoms with E-state index in [4.69, 9.17) is 0 Å². The van der Waals surface area contributed by atoms with Crippen molar-refractivity contribution in [1.82, 2.24) is 5.32 Å². The van der Waals surface area contributed by atoms with Gasteiger partial charge in [-0.2, -0.15) is 0 Å². The SMILES string of the molecule is CCN(C(=O)c1cccc(C(=O)NCc2cccc(C)c2)c1)c1ccccc1. The summed E-state index contributed by atoms with van der Waals surface area (Å²) >= 11 is 0. The average molecular weight is 372 g/mol. The van der Waals surface area contributed by atoms with E-state index in [-0.39, 0.29) is 11.8 Å². The highest BCUT2D eigenvalue weighted by atomic mass is 16.2. The number of aryl methyl sites for hydroxylation is 1. The third-order valence-corrected chi connectivity index (χ3v) is 4.54. The van der Waals surface area contributed by atoms with Gasteiger partial charge in [0.05, 0.1) is 0 Å². The van der Waals surface area contributed by atoms with Crippen LogP contribution in [0.25, 0.3) is 0 Å². The summed E-state index contributed by atoms with van der Waals surface area (Å²) in [6.45, 7) is 4.95. The van der Waals surface area contributed by atoms with Crippen LogP contribution in [0.5, 0.6) is 0 Å². The van der Waals surface area contributed by atoms with Crippen molar-refractivity contribution < 1.29 is 9.59 Å². The summed E-state index contributed by atoms with van der Waals surface area (Å²) < 4.78 is 0. The summed E-state index contributed by atoms with van der Waals surface area (Å²) in [5, 5.41) is 2.92. The summed E-state index contributed by atoms with van der Waals surface area (Å²) in [6, 6.07) is 24.4. The molecule has 4 nitrogen and oxygen atoms in total. The Morgan fingerprint density at radius 1 is 0.857 bits per heavy atom. The molecule has 0 fully saturated rings. The maximum Gasteiger partial charge on any atom is 0.258 e. The van der Waals surface area contributed by atoms with Crippen LogP contribution >= 0.6 is 0 Å². The number of hydrogen-bond donors (Lipinski definition) is 1. The molecule has 0 aliphatic carbocycles. The minimum Gasteiger partial charge on any atom is -0.348 e. The van der Waals surface area contributed by atoms with E-state index in [1.165, 1.54) is 0 Å². The molecule has 1 N–H and O–H groups in total. The van der Waals surface area contributed by atoms with Gasteiger partial charge in [0.2, 0.25) is 0 Å². The molecule has 2 amide bonds. The maximum atomic E-state index is 13.0. The van der Waals surface area contributed by atoms with Gasteiger partial charge in [0.25, 0.3) is 11.8 Å². The first-order chi connectivity index (χ1) is 13.6. The molecule has 0 saturated heterocycles. The molecule has 0 radical (unpaired) electrons. The zero-order chi connectivity index (χ0) is 19.9. The second-order valence-electron chi connectivity index (χ2n) is 6.64. The van der Waals surface area contributed by atoms with Crippen LogP contribution in [-0.4, -0.2) is 18.4 Å². The lowest BCUT2D eigenvalue weighted by molar-refractivity contribution is 0.0951. The van der Waals surface area contributed by atoms with E-state index in [0.29, 0.717) is 24.2 Å². The molecule has 142 valence electrons. The number of nitrogens with zero attached hydrogens (tertiary/aromatic N) is 1. The van der Waals surface area contributed by atoms with Gasteiger partial charge >= 0.3 is 0 Å². The number of para-hydroxylation sites is 1. The Bertz CT molecular complexity index is 967. The van der Waals surface area contributed by atoms with Crippen molar-refractivity contribution in [2.24, 2.45) is 0 Å². The second kappa shape index (κ2) is 9.00. The Morgan fingerprint density at radius 3 is 2.29 bits per heavy atom. The van der Waals surface area contributed by atoms with Gasteiger partial charge in [-0.3, -0.25) is 9.59 Å². The molecule has 0 spiro atoms. The Labute approximate surface area is 165 Å². The molecule has 3 aromatic carbocycles. The monoisotopic (exact) mass is 372 g/mol. The van der Waals surface area contributed by atoms with Crippen molar-refractivity contribution in [1.29, 1.82) is 0 Å². The number of benzene rings is 3. The standard InChI is InChI=1S/C24H24N2O2/c1-3-26(22-13-5-4-6-14-22)24(28)21-12-8-11-20(16-21)23(27)25-17-19-10-7-9-18(2)15-19/h4-16H,3,17H2,1-2H3,(H,25,27). The van der Waals surface area contributed by atoms with Gasteiger partial charge in [-0.1, -0.05) is 54.1 Å². The number of carbonyl (C=O) groups is 2. The van der Waals surface area contributed by atoms with E-state index in [1.54, 1.807) is 29.2 Å². The van der Waals surface area contributed by atoms with E-state index < -0.39 is 0 Å². The third kappa shape index (κ3) is 4.65. The highest BCUT2D eigenvalue weighted by Crippen LogP contribution is 2.17. The van der Waals surface area contributed by atoms with Crippen LogP contribution in [0.15, 0.2) is 78.9 Å². The Balaban J connectivity index is 1.74. The Morgan fingerprint density at radius 2 is 1.57 bits per heavy atom. The lowest BCUT2D eigenvalue weighted by Gasteiger charge is -2.21. The van der Waals surface area contributed by atoms with E-state index in [2.05, 4.69) is 5.32 Å². The van der Waals surface area contributed by atoms with Gasteiger partial charge < -0.3 is 10.2 Å². The smallest absolute Gasteiger partial charge is 0.258 e. The molecule has 0 atom stereocenters. The van der Waals surface area contributed by atoms with Crippen LogP contribution in [0.1, 0.15) is 38.8 Å². The average Bonchev–Trinajstić information content (AvgIpc) is 2.73. The summed E-state index contributed by atoms with van der Waals surface area (Å²) in [5.74, 6) is -0.319. The maximum absolute atomic E-state index is 13.0. The van der Waals surface area contributed by atoms with Crippen LogP contribution in [0, 0.1) is 6.92 Å². The highest BCUT2D eigenvalue weighted by molar-refractivity contribution is 6.07. The van der Waals surface area contributed by atoms with Gasteiger partial charge in [0.1, 0.15) is 0 Å². The number of anilines is 1. The molecule has 0 aromatic heterocycles. The largest absolute Gasteiger partial charge is 0.348 e. The van der Waals surface area contributed by atoms with E-state index in [1.807, 2.05) is 68.4 Å². The minimum absolute atomic E-state index is 0.123. The van der Waals surface area contributed by atoms with Crippen LogP contribution in [0.3, 0.4) is 0 Å². The van der Waals surface area contributed by atoms with Gasteiger partial charge in [0.15, 0.2) is 0 Å². The van der Waals surface area contributed by atoms with Gasteiger partial charge in [0, 0.05) is 29.9 Å². The predicted molar refractivity (Wildman–Crippen MR) is 113 cm³/mol. The fraction of sp³-hybridized carbons (Fsp3) is 0.167. The van der Waals surface area contributed by atoms with Gasteiger partial charge in [-0.15, -0.1) is 0 Å². The lowest BCUT2D eigenvalue weighted by Crippen LogP contribution is -2.31. The molecule has 0 aliphatic heterocycles. The molecule has 0 aliphatic rings. The van der Waals surface area contributed by atoms with Gasteiger partial charge in [-0.05, 0) is 49.7 Å². The topological polar surface area (TPSA) is 49.4 Å². The number of carbonyl (C=O) groups excluding carboxylic acids is 2. The number of rotatable bonds is 6. The van der Waals surface area contributed by atoms with Crippen molar-refractivity contribution in [3.63, 3.8) is 0 Å². The van der Waals surface area contributed by atoms with Crippen molar-refractivity contribution in [3.8, 4) is 0 Å². The number of hydrogen-bond acceptors (Lipinski definition) is 2. The van der Waals surface area contributed by atoms with Crippen LogP contribution in [0.4, 0.5) is 5.69 Å². The zero-order valence-corrected chi connectivity index (χ0v) is 16.2. The van der Waals surface area contributed by atoms with Crippen LogP contribution in [0.2, 0.25) is 0 Å². The van der Waals surface area contributed by atoms with Crippen molar-refractivity contribution in [3.05, 3.63) is 101 Å². The number of amides is 2. The minimum atomic E-state index is -0.195. The first-order valence-electron chi connectivity index (χ1n) is 9.39. The molecule has 4 heteroatoms. The van der Waals surface area contributed by atoms with Crippen molar-refractivity contribution in [2.45, 2.75) is 20.4 Å². The fourth-order valence-electron chi connectivity index (χ4n) is 3.11. The van der Waals surface area contributed by atoms with E-state index in [0.717, 1.165) is 16.8 Å². The summed E-state index contributed by atoms with van der Waals surface area (Å²) in [5.41, 5.74) is 4.00. The zero-order valence-electron chi connectivity index (χ0n) is 16.2. The van der Waals surface area contributed by atoms with E-state index in [9.17, 15) is 9.59 Å². The lowest BCUT2D eigenvalue weighted by atomic mass is 10.1. The normalized spacial score (nSPS) is 10.4. The molecule has 28 heavy (non-hydrogen) atoms. The van der Waals surface area contributed by atoms with Crippen LogP contribution in [-0.2, 0) is 6.54 Å². The molecular formula is C24H24N2O2. The Kier molecular flexibility index (Phi) is 6.22. The van der Waals surface area contributed by atoms with Crippen molar-refractivity contribution >= 4 is 17.5 Å². The van der Waals surface area contributed by atoms with Crippen LogP contribution < -0.4 is 10.2 Å². The summed E-state index contributed by atoms with van der Waals surface area (Å²) in [4.78, 5) is 27.2. The first-order valence-corrected chi connectivity index (χ1v) is 9.39. The molecule has 0 saturated carbocycles. The van der Waals surface area contributed by atoms with Gasteiger partial charge in [-0.25, -0.2) is 0 Å². The molecule has 0 bridgehead atoms. The first kappa shape index (κ1) is 19.4. The van der Waals surface area contributed by atoms with E-state index >= 15 is 0 Å². The molecule has 0 heterocycles. The molecular weight excluding hydrogens is 348 g/mol. The molecule has 0 unspecified atom stereocenters. The molecule has 3 aromatic rings.